The molecule has 2 nitrogen and oxygen atoms in total. The number of hydrogen-bond acceptors (Lipinski definition) is 3. The third kappa shape index (κ3) is 3.03. The van der Waals surface area contributed by atoms with Gasteiger partial charge < -0.3 is 10.1 Å². The van der Waals surface area contributed by atoms with Crippen LogP contribution in [0.25, 0.3) is 0 Å². The third-order valence-corrected chi connectivity index (χ3v) is 5.67. The lowest BCUT2D eigenvalue weighted by Gasteiger charge is -2.18. The van der Waals surface area contributed by atoms with Gasteiger partial charge in [-0.3, -0.25) is 0 Å². The first-order valence-electron chi connectivity index (χ1n) is 7.28. The van der Waals surface area contributed by atoms with E-state index in [0.717, 1.165) is 18.7 Å². The van der Waals surface area contributed by atoms with E-state index in [-0.39, 0.29) is 11.6 Å². The molecular weight excluding hydrogens is 346 g/mol. The lowest BCUT2D eigenvalue weighted by molar-refractivity contribution is 0.138. The van der Waals surface area contributed by atoms with Crippen LogP contribution in [0.4, 0.5) is 0 Å². The van der Waals surface area contributed by atoms with Crippen molar-refractivity contribution in [1.82, 2.24) is 5.32 Å². The van der Waals surface area contributed by atoms with Crippen LogP contribution in [0.3, 0.4) is 0 Å². The van der Waals surface area contributed by atoms with E-state index in [1.165, 1.54) is 20.5 Å². The van der Waals surface area contributed by atoms with Gasteiger partial charge in [0.25, 0.3) is 0 Å². The molecule has 1 aliphatic rings. The topological polar surface area (TPSA) is 21.3 Å². The minimum absolute atomic E-state index is 0.0852. The Hall–Kier alpha value is -0.840. The maximum absolute atomic E-state index is 5.98. The number of thiophene rings is 1. The molecule has 1 aromatic heterocycles. The number of fused-ring (bicyclic) bond motifs is 1. The molecule has 1 aromatic carbocycles. The van der Waals surface area contributed by atoms with E-state index in [4.69, 9.17) is 4.74 Å². The molecule has 0 bridgehead atoms. The smallest absolute Gasteiger partial charge is 0.123 e. The summed E-state index contributed by atoms with van der Waals surface area (Å²) >= 11 is 5.45. The van der Waals surface area contributed by atoms with Crippen molar-refractivity contribution in [2.24, 2.45) is 0 Å². The molecule has 112 valence electrons. The summed E-state index contributed by atoms with van der Waals surface area (Å²) in [6.45, 7) is 7.37. The van der Waals surface area contributed by atoms with Crippen molar-refractivity contribution >= 4 is 27.3 Å². The number of halogens is 1. The molecular formula is C17H20BrNOS. The average Bonchev–Trinajstić information content (AvgIpc) is 2.96. The third-order valence-electron chi connectivity index (χ3n) is 3.74. The maximum Gasteiger partial charge on any atom is 0.123 e. The SMILES string of the molecule is CCNC(c1ccc2c(c1)CC(C)(C)O2)c1sccc1Br. The molecule has 1 N–H and O–H groups in total. The monoisotopic (exact) mass is 365 g/mol. The molecule has 0 fully saturated rings. The van der Waals surface area contributed by atoms with E-state index in [2.05, 4.69) is 71.7 Å². The number of benzene rings is 1. The van der Waals surface area contributed by atoms with Gasteiger partial charge in [-0.05, 0) is 65.0 Å². The Morgan fingerprint density at radius 2 is 2.19 bits per heavy atom. The van der Waals surface area contributed by atoms with Crippen LogP contribution in [-0.4, -0.2) is 12.1 Å². The van der Waals surface area contributed by atoms with Crippen molar-refractivity contribution < 1.29 is 4.74 Å². The van der Waals surface area contributed by atoms with Gasteiger partial charge in [0.15, 0.2) is 0 Å². The second-order valence-electron chi connectivity index (χ2n) is 6.03. The molecule has 2 heterocycles. The molecule has 21 heavy (non-hydrogen) atoms. The number of nitrogens with one attached hydrogen (secondary N) is 1. The van der Waals surface area contributed by atoms with Gasteiger partial charge in [0.1, 0.15) is 11.4 Å². The lowest BCUT2D eigenvalue weighted by Crippen LogP contribution is -2.24. The molecule has 4 heteroatoms. The van der Waals surface area contributed by atoms with Crippen molar-refractivity contribution in [3.63, 3.8) is 0 Å². The first-order chi connectivity index (χ1) is 10.00. The summed E-state index contributed by atoms with van der Waals surface area (Å²) < 4.78 is 7.15. The van der Waals surface area contributed by atoms with Gasteiger partial charge in [-0.1, -0.05) is 19.1 Å². The summed E-state index contributed by atoms with van der Waals surface area (Å²) in [7, 11) is 0. The second-order valence-corrected chi connectivity index (χ2v) is 7.83. The van der Waals surface area contributed by atoms with E-state index in [1.807, 2.05) is 0 Å². The van der Waals surface area contributed by atoms with E-state index in [9.17, 15) is 0 Å². The Morgan fingerprint density at radius 3 is 2.86 bits per heavy atom. The zero-order valence-electron chi connectivity index (χ0n) is 12.6. The van der Waals surface area contributed by atoms with Gasteiger partial charge in [-0.25, -0.2) is 0 Å². The predicted molar refractivity (Wildman–Crippen MR) is 92.4 cm³/mol. The zero-order valence-corrected chi connectivity index (χ0v) is 15.0. The molecule has 0 amide bonds. The Bertz CT molecular complexity index is 650. The highest BCUT2D eigenvalue weighted by atomic mass is 79.9. The Morgan fingerprint density at radius 1 is 1.38 bits per heavy atom. The molecule has 0 spiro atoms. The molecule has 2 aromatic rings. The van der Waals surface area contributed by atoms with Gasteiger partial charge in [-0.2, -0.15) is 0 Å². The minimum Gasteiger partial charge on any atom is -0.487 e. The van der Waals surface area contributed by atoms with Crippen LogP contribution in [0, 0.1) is 0 Å². The number of hydrogen-bond donors (Lipinski definition) is 1. The van der Waals surface area contributed by atoms with Gasteiger partial charge in [0, 0.05) is 15.8 Å². The van der Waals surface area contributed by atoms with E-state index < -0.39 is 0 Å². The molecule has 1 unspecified atom stereocenters. The molecule has 1 aliphatic heterocycles. The van der Waals surface area contributed by atoms with Crippen molar-refractivity contribution in [3.8, 4) is 5.75 Å². The Kier molecular flexibility index (Phi) is 4.12. The fraction of sp³-hybridized carbons (Fsp3) is 0.412. The van der Waals surface area contributed by atoms with Crippen LogP contribution in [0.5, 0.6) is 5.75 Å². The average molecular weight is 366 g/mol. The molecule has 0 saturated carbocycles. The van der Waals surface area contributed by atoms with E-state index in [1.54, 1.807) is 11.3 Å². The molecule has 0 aliphatic carbocycles. The van der Waals surface area contributed by atoms with Crippen LogP contribution in [0.1, 0.15) is 42.8 Å². The summed E-state index contributed by atoms with van der Waals surface area (Å²) in [5.41, 5.74) is 2.53. The minimum atomic E-state index is -0.0852. The predicted octanol–water partition coefficient (Wildman–Crippen LogP) is 4.92. The van der Waals surface area contributed by atoms with E-state index in [0.29, 0.717) is 0 Å². The molecule has 0 radical (unpaired) electrons. The lowest BCUT2D eigenvalue weighted by atomic mass is 9.97. The van der Waals surface area contributed by atoms with E-state index >= 15 is 0 Å². The quantitative estimate of drug-likeness (QED) is 0.829. The van der Waals surface area contributed by atoms with Crippen molar-refractivity contribution in [1.29, 1.82) is 0 Å². The van der Waals surface area contributed by atoms with Gasteiger partial charge in [0.2, 0.25) is 0 Å². The summed E-state index contributed by atoms with van der Waals surface area (Å²) in [6, 6.07) is 8.94. The summed E-state index contributed by atoms with van der Waals surface area (Å²) in [6.07, 6.45) is 0.973. The summed E-state index contributed by atoms with van der Waals surface area (Å²) in [5.74, 6) is 1.03. The van der Waals surface area contributed by atoms with Crippen molar-refractivity contribution in [3.05, 3.63) is 50.1 Å². The zero-order chi connectivity index (χ0) is 15.0. The first-order valence-corrected chi connectivity index (χ1v) is 8.95. The van der Waals surface area contributed by atoms with Crippen LogP contribution < -0.4 is 10.1 Å². The first kappa shape index (κ1) is 15.1. The number of ether oxygens (including phenoxy) is 1. The highest BCUT2D eigenvalue weighted by Crippen LogP contribution is 2.39. The van der Waals surface area contributed by atoms with Gasteiger partial charge in [0.05, 0.1) is 6.04 Å². The fourth-order valence-corrected chi connectivity index (χ4v) is 4.59. The molecule has 0 saturated heterocycles. The summed E-state index contributed by atoms with van der Waals surface area (Å²) in [5, 5.41) is 5.72. The van der Waals surface area contributed by atoms with Crippen LogP contribution in [0.2, 0.25) is 0 Å². The molecule has 3 rings (SSSR count). The van der Waals surface area contributed by atoms with Gasteiger partial charge >= 0.3 is 0 Å². The van der Waals surface area contributed by atoms with Crippen LogP contribution in [-0.2, 0) is 6.42 Å². The standard InChI is InChI=1S/C17H20BrNOS/c1-4-19-15(16-13(18)7-8-21-16)11-5-6-14-12(9-11)10-17(2,3)20-14/h5-9,15,19H,4,10H2,1-3H3. The van der Waals surface area contributed by atoms with Crippen molar-refractivity contribution in [2.45, 2.75) is 38.8 Å². The highest BCUT2D eigenvalue weighted by molar-refractivity contribution is 9.10. The van der Waals surface area contributed by atoms with Gasteiger partial charge in [-0.15, -0.1) is 11.3 Å². The highest BCUT2D eigenvalue weighted by Gasteiger charge is 2.30. The Labute approximate surface area is 138 Å². The fourth-order valence-electron chi connectivity index (χ4n) is 2.89. The molecule has 1 atom stereocenters. The van der Waals surface area contributed by atoms with Crippen LogP contribution in [0.15, 0.2) is 34.1 Å². The maximum atomic E-state index is 5.98. The second kappa shape index (κ2) is 5.75. The number of rotatable bonds is 4. The Balaban J connectivity index is 1.97. The van der Waals surface area contributed by atoms with Crippen LogP contribution >= 0.6 is 27.3 Å². The summed E-state index contributed by atoms with van der Waals surface area (Å²) in [4.78, 5) is 1.33. The largest absolute Gasteiger partial charge is 0.487 e. The van der Waals surface area contributed by atoms with Crippen molar-refractivity contribution in [2.75, 3.05) is 6.54 Å². The normalized spacial score (nSPS) is 17.3.